The van der Waals surface area contributed by atoms with Gasteiger partial charge in [-0.3, -0.25) is 4.99 Å². The number of nitrogens with one attached hydrogen (secondary N) is 1. The molecule has 0 spiro atoms. The van der Waals surface area contributed by atoms with Crippen LogP contribution in [0.1, 0.15) is 52.4 Å². The molecule has 2 atom stereocenters. The van der Waals surface area contributed by atoms with Crippen LogP contribution in [0.4, 0.5) is 0 Å². The minimum absolute atomic E-state index is 0. The third-order valence-electron chi connectivity index (χ3n) is 5.32. The average molecular weight is 391 g/mol. The molecule has 3 nitrogen and oxygen atoms in total. The van der Waals surface area contributed by atoms with Gasteiger partial charge in [-0.1, -0.05) is 19.8 Å². The summed E-state index contributed by atoms with van der Waals surface area (Å²) < 4.78 is 0. The van der Waals surface area contributed by atoms with Crippen LogP contribution in [-0.4, -0.2) is 37.0 Å². The number of fused-ring (bicyclic) bond motifs is 1. The molecular formula is C16H30IN3. The van der Waals surface area contributed by atoms with Crippen molar-refractivity contribution >= 4 is 29.9 Å². The number of aliphatic imine (C=N–C) groups is 1. The second kappa shape index (κ2) is 6.84. The molecule has 0 aromatic heterocycles. The molecule has 0 aromatic carbocycles. The summed E-state index contributed by atoms with van der Waals surface area (Å²) in [5.41, 5.74) is 0.521. The van der Waals surface area contributed by atoms with Gasteiger partial charge < -0.3 is 10.2 Å². The van der Waals surface area contributed by atoms with Crippen LogP contribution in [-0.2, 0) is 0 Å². The van der Waals surface area contributed by atoms with Crippen molar-refractivity contribution in [2.75, 3.05) is 26.2 Å². The van der Waals surface area contributed by atoms with Crippen molar-refractivity contribution in [1.29, 1.82) is 0 Å². The lowest BCUT2D eigenvalue weighted by atomic mass is 9.82. The molecule has 2 saturated carbocycles. The Morgan fingerprint density at radius 1 is 1.20 bits per heavy atom. The molecular weight excluding hydrogens is 361 g/mol. The smallest absolute Gasteiger partial charge is 0.193 e. The molecule has 1 N–H and O–H groups in total. The number of hydrogen-bond donors (Lipinski definition) is 1. The molecule has 0 amide bonds. The topological polar surface area (TPSA) is 27.6 Å². The maximum Gasteiger partial charge on any atom is 0.193 e. The molecule has 0 bridgehead atoms. The maximum absolute atomic E-state index is 4.92. The van der Waals surface area contributed by atoms with Crippen molar-refractivity contribution in [3.8, 4) is 0 Å². The average Bonchev–Trinajstić information content (AvgIpc) is 3.00. The zero-order valence-electron chi connectivity index (χ0n) is 13.0. The zero-order chi connectivity index (χ0) is 13.3. The lowest BCUT2D eigenvalue weighted by molar-refractivity contribution is 0.299. The number of nitrogens with zero attached hydrogens (tertiary/aromatic N) is 2. The Labute approximate surface area is 141 Å². The highest BCUT2D eigenvalue weighted by Gasteiger charge is 2.38. The van der Waals surface area contributed by atoms with E-state index in [9.17, 15) is 0 Å². The second-order valence-electron chi connectivity index (χ2n) is 7.19. The Kier molecular flexibility index (Phi) is 5.60. The van der Waals surface area contributed by atoms with E-state index in [0.717, 1.165) is 24.9 Å². The molecule has 3 fully saturated rings. The molecule has 20 heavy (non-hydrogen) atoms. The van der Waals surface area contributed by atoms with Crippen molar-refractivity contribution in [3.05, 3.63) is 0 Å². The second-order valence-corrected chi connectivity index (χ2v) is 7.19. The molecule has 0 radical (unpaired) electrons. The summed E-state index contributed by atoms with van der Waals surface area (Å²) in [6.07, 6.45) is 8.50. The maximum atomic E-state index is 4.92. The number of guanidine groups is 1. The highest BCUT2D eigenvalue weighted by Crippen LogP contribution is 2.45. The summed E-state index contributed by atoms with van der Waals surface area (Å²) in [7, 11) is 0. The van der Waals surface area contributed by atoms with Gasteiger partial charge >= 0.3 is 0 Å². The fourth-order valence-electron chi connectivity index (χ4n) is 3.64. The summed E-state index contributed by atoms with van der Waals surface area (Å²) >= 11 is 0. The number of halogens is 1. The predicted octanol–water partition coefficient (Wildman–Crippen LogP) is 3.49. The molecule has 0 aromatic rings. The fourth-order valence-corrected chi connectivity index (χ4v) is 3.64. The number of likely N-dealkylation sites (tertiary alicyclic amines) is 1. The van der Waals surface area contributed by atoms with Crippen molar-refractivity contribution in [3.63, 3.8) is 0 Å². The van der Waals surface area contributed by atoms with Crippen LogP contribution in [0.3, 0.4) is 0 Å². The van der Waals surface area contributed by atoms with E-state index < -0.39 is 0 Å². The summed E-state index contributed by atoms with van der Waals surface area (Å²) in [6, 6.07) is 0. The van der Waals surface area contributed by atoms with Crippen LogP contribution < -0.4 is 5.32 Å². The standard InChI is InChI=1S/C16H29N3.HI/c1-3-17-15(18-12-16(2)8-9-16)19-10-13-6-4-5-7-14(13)11-19;/h13-14H,3-12H2,1-2H3,(H,17,18);1H. The van der Waals surface area contributed by atoms with Crippen LogP contribution in [0.15, 0.2) is 4.99 Å². The van der Waals surface area contributed by atoms with Gasteiger partial charge in [0, 0.05) is 26.2 Å². The minimum atomic E-state index is 0. The molecule has 4 heteroatoms. The Hall–Kier alpha value is 0. The zero-order valence-corrected chi connectivity index (χ0v) is 15.4. The normalized spacial score (nSPS) is 31.5. The lowest BCUT2D eigenvalue weighted by Gasteiger charge is -2.22. The van der Waals surface area contributed by atoms with E-state index in [1.807, 2.05) is 0 Å². The van der Waals surface area contributed by atoms with Gasteiger partial charge in [-0.15, -0.1) is 24.0 Å². The number of hydrogen-bond acceptors (Lipinski definition) is 1. The largest absolute Gasteiger partial charge is 0.357 e. The number of rotatable bonds is 3. The minimum Gasteiger partial charge on any atom is -0.357 e. The van der Waals surface area contributed by atoms with E-state index >= 15 is 0 Å². The lowest BCUT2D eigenvalue weighted by Crippen LogP contribution is -2.40. The van der Waals surface area contributed by atoms with Gasteiger partial charge in [0.1, 0.15) is 0 Å². The highest BCUT2D eigenvalue weighted by molar-refractivity contribution is 14.0. The van der Waals surface area contributed by atoms with E-state index in [1.165, 1.54) is 57.6 Å². The van der Waals surface area contributed by atoms with E-state index in [1.54, 1.807) is 0 Å². The van der Waals surface area contributed by atoms with Crippen LogP contribution in [0.25, 0.3) is 0 Å². The fraction of sp³-hybridized carbons (Fsp3) is 0.938. The molecule has 2 unspecified atom stereocenters. The third-order valence-corrected chi connectivity index (χ3v) is 5.32. The molecule has 3 rings (SSSR count). The predicted molar refractivity (Wildman–Crippen MR) is 95.8 cm³/mol. The van der Waals surface area contributed by atoms with Crippen LogP contribution >= 0.6 is 24.0 Å². The van der Waals surface area contributed by atoms with E-state index in [0.29, 0.717) is 5.41 Å². The first kappa shape index (κ1) is 16.4. The Morgan fingerprint density at radius 3 is 2.30 bits per heavy atom. The highest BCUT2D eigenvalue weighted by atomic mass is 127. The summed E-state index contributed by atoms with van der Waals surface area (Å²) in [6.45, 7) is 9.03. The van der Waals surface area contributed by atoms with Gasteiger partial charge in [-0.25, -0.2) is 0 Å². The van der Waals surface area contributed by atoms with Crippen molar-refractivity contribution in [2.24, 2.45) is 22.2 Å². The van der Waals surface area contributed by atoms with E-state index in [4.69, 9.17) is 4.99 Å². The molecule has 116 valence electrons. The van der Waals surface area contributed by atoms with Gasteiger partial charge in [-0.2, -0.15) is 0 Å². The molecule has 1 heterocycles. The van der Waals surface area contributed by atoms with E-state index in [2.05, 4.69) is 24.1 Å². The van der Waals surface area contributed by atoms with Crippen LogP contribution in [0.5, 0.6) is 0 Å². The van der Waals surface area contributed by atoms with Crippen molar-refractivity contribution in [2.45, 2.75) is 52.4 Å². The summed E-state index contributed by atoms with van der Waals surface area (Å²) in [5, 5.41) is 3.51. The van der Waals surface area contributed by atoms with Gasteiger partial charge in [0.25, 0.3) is 0 Å². The Morgan fingerprint density at radius 2 is 1.80 bits per heavy atom. The molecule has 3 aliphatic rings. The Balaban J connectivity index is 0.00000147. The SMILES string of the molecule is CCNC(=NCC1(C)CC1)N1CC2CCCCC2C1.I. The van der Waals surface area contributed by atoms with Gasteiger partial charge in [0.2, 0.25) is 0 Å². The van der Waals surface area contributed by atoms with Crippen LogP contribution in [0, 0.1) is 17.3 Å². The molecule has 2 aliphatic carbocycles. The monoisotopic (exact) mass is 391 g/mol. The Bertz CT molecular complexity index is 338. The first-order valence-corrected chi connectivity index (χ1v) is 8.23. The van der Waals surface area contributed by atoms with E-state index in [-0.39, 0.29) is 24.0 Å². The van der Waals surface area contributed by atoms with Crippen molar-refractivity contribution < 1.29 is 0 Å². The van der Waals surface area contributed by atoms with Gasteiger partial charge in [0.15, 0.2) is 5.96 Å². The summed E-state index contributed by atoms with van der Waals surface area (Å²) in [5.74, 6) is 3.06. The van der Waals surface area contributed by atoms with Gasteiger partial charge in [-0.05, 0) is 49.9 Å². The third kappa shape index (κ3) is 3.80. The first-order chi connectivity index (χ1) is 9.20. The molecule has 1 saturated heterocycles. The summed E-state index contributed by atoms with van der Waals surface area (Å²) in [4.78, 5) is 7.46. The van der Waals surface area contributed by atoms with Crippen molar-refractivity contribution in [1.82, 2.24) is 10.2 Å². The van der Waals surface area contributed by atoms with Gasteiger partial charge in [0.05, 0.1) is 0 Å². The molecule has 1 aliphatic heterocycles. The quantitative estimate of drug-likeness (QED) is 0.453. The first-order valence-electron chi connectivity index (χ1n) is 8.23. The van der Waals surface area contributed by atoms with Crippen LogP contribution in [0.2, 0.25) is 0 Å².